The maximum Gasteiger partial charge on any atom is 0.272 e. The van der Waals surface area contributed by atoms with Gasteiger partial charge in [-0.05, 0) is 37.6 Å². The molecule has 3 heterocycles. The van der Waals surface area contributed by atoms with Gasteiger partial charge in [-0.1, -0.05) is 24.3 Å². The number of benzene rings is 1. The quantitative estimate of drug-likeness (QED) is 0.565. The molecule has 8 heteroatoms. The smallest absolute Gasteiger partial charge is 0.272 e. The Bertz CT molecular complexity index is 1100. The van der Waals surface area contributed by atoms with Crippen molar-refractivity contribution in [2.75, 3.05) is 0 Å². The van der Waals surface area contributed by atoms with E-state index in [-0.39, 0.29) is 11.6 Å². The molecule has 0 aliphatic rings. The SMILES string of the molecule is Cc1ccccc1-c1nc(C)c(CNC(=O)c2ccc(-n3cccn3)nn2)s1. The van der Waals surface area contributed by atoms with Crippen molar-refractivity contribution in [1.29, 1.82) is 0 Å². The summed E-state index contributed by atoms with van der Waals surface area (Å²) in [7, 11) is 0. The molecule has 0 radical (unpaired) electrons. The van der Waals surface area contributed by atoms with Crippen LogP contribution in [0.5, 0.6) is 0 Å². The Morgan fingerprint density at radius 1 is 1.11 bits per heavy atom. The van der Waals surface area contributed by atoms with E-state index >= 15 is 0 Å². The van der Waals surface area contributed by atoms with E-state index in [1.165, 1.54) is 5.56 Å². The van der Waals surface area contributed by atoms with E-state index in [0.717, 1.165) is 21.1 Å². The van der Waals surface area contributed by atoms with Crippen LogP contribution in [0, 0.1) is 13.8 Å². The third kappa shape index (κ3) is 3.67. The molecule has 0 aliphatic heterocycles. The molecule has 28 heavy (non-hydrogen) atoms. The molecule has 1 N–H and O–H groups in total. The van der Waals surface area contributed by atoms with Crippen molar-refractivity contribution < 1.29 is 4.79 Å². The van der Waals surface area contributed by atoms with Gasteiger partial charge in [-0.3, -0.25) is 4.79 Å². The van der Waals surface area contributed by atoms with Crippen LogP contribution in [-0.4, -0.2) is 30.9 Å². The lowest BCUT2D eigenvalue weighted by atomic mass is 10.1. The Morgan fingerprint density at radius 2 is 1.96 bits per heavy atom. The van der Waals surface area contributed by atoms with Gasteiger partial charge in [0, 0.05) is 22.8 Å². The number of nitrogens with one attached hydrogen (secondary N) is 1. The first-order chi connectivity index (χ1) is 13.6. The van der Waals surface area contributed by atoms with Crippen LogP contribution < -0.4 is 5.32 Å². The highest BCUT2D eigenvalue weighted by atomic mass is 32.1. The Labute approximate surface area is 166 Å². The minimum atomic E-state index is -0.273. The van der Waals surface area contributed by atoms with Crippen LogP contribution in [0.2, 0.25) is 0 Å². The number of carbonyl (C=O) groups excluding carboxylic acids is 1. The molecular weight excluding hydrogens is 372 g/mol. The largest absolute Gasteiger partial charge is 0.346 e. The van der Waals surface area contributed by atoms with Crippen LogP contribution in [0.25, 0.3) is 16.4 Å². The second-order valence-electron chi connectivity index (χ2n) is 6.25. The van der Waals surface area contributed by atoms with Crippen LogP contribution >= 0.6 is 11.3 Å². The number of amides is 1. The first-order valence-electron chi connectivity index (χ1n) is 8.76. The average molecular weight is 390 g/mol. The highest BCUT2D eigenvalue weighted by Gasteiger charge is 2.14. The molecule has 1 aromatic carbocycles. The van der Waals surface area contributed by atoms with Crippen LogP contribution in [-0.2, 0) is 6.54 Å². The van der Waals surface area contributed by atoms with E-state index in [1.54, 1.807) is 46.6 Å². The van der Waals surface area contributed by atoms with Gasteiger partial charge < -0.3 is 5.32 Å². The summed E-state index contributed by atoms with van der Waals surface area (Å²) < 4.78 is 1.59. The summed E-state index contributed by atoms with van der Waals surface area (Å²) in [6, 6.07) is 13.3. The Balaban J connectivity index is 1.44. The molecule has 4 aromatic rings. The van der Waals surface area contributed by atoms with E-state index in [4.69, 9.17) is 0 Å². The second kappa shape index (κ2) is 7.69. The van der Waals surface area contributed by atoms with E-state index in [1.807, 2.05) is 19.1 Å². The lowest BCUT2D eigenvalue weighted by Gasteiger charge is -2.04. The van der Waals surface area contributed by atoms with Gasteiger partial charge in [-0.2, -0.15) is 5.10 Å². The zero-order valence-corrected chi connectivity index (χ0v) is 16.3. The first kappa shape index (κ1) is 18.0. The topological polar surface area (TPSA) is 85.6 Å². The van der Waals surface area contributed by atoms with Crippen molar-refractivity contribution in [3.63, 3.8) is 0 Å². The van der Waals surface area contributed by atoms with E-state index < -0.39 is 0 Å². The summed E-state index contributed by atoms with van der Waals surface area (Å²) >= 11 is 1.59. The monoisotopic (exact) mass is 390 g/mol. The predicted octanol–water partition coefficient (Wildman–Crippen LogP) is 3.33. The molecule has 0 unspecified atom stereocenters. The summed E-state index contributed by atoms with van der Waals surface area (Å²) in [5, 5.41) is 16.0. The van der Waals surface area contributed by atoms with Gasteiger partial charge in [0.25, 0.3) is 5.91 Å². The van der Waals surface area contributed by atoms with Gasteiger partial charge in [0.15, 0.2) is 11.5 Å². The first-order valence-corrected chi connectivity index (χ1v) is 9.58. The van der Waals surface area contributed by atoms with Gasteiger partial charge in [-0.15, -0.1) is 21.5 Å². The molecule has 0 spiro atoms. The second-order valence-corrected chi connectivity index (χ2v) is 7.34. The molecule has 3 aromatic heterocycles. The van der Waals surface area contributed by atoms with Gasteiger partial charge >= 0.3 is 0 Å². The summed E-state index contributed by atoms with van der Waals surface area (Å²) in [5.41, 5.74) is 3.48. The van der Waals surface area contributed by atoms with Crippen molar-refractivity contribution in [3.8, 4) is 16.4 Å². The molecular formula is C20H18N6OS. The molecule has 0 saturated heterocycles. The normalized spacial score (nSPS) is 10.8. The van der Waals surface area contributed by atoms with Crippen LogP contribution in [0.3, 0.4) is 0 Å². The molecule has 0 atom stereocenters. The molecule has 0 aliphatic carbocycles. The number of thiazole rings is 1. The van der Waals surface area contributed by atoms with Crippen molar-refractivity contribution in [2.24, 2.45) is 0 Å². The number of rotatable bonds is 5. The van der Waals surface area contributed by atoms with E-state index in [2.05, 4.69) is 44.7 Å². The minimum absolute atomic E-state index is 0.261. The van der Waals surface area contributed by atoms with Gasteiger partial charge in [0.05, 0.1) is 12.2 Å². The van der Waals surface area contributed by atoms with Gasteiger partial charge in [0.2, 0.25) is 0 Å². The number of nitrogens with zero attached hydrogens (tertiary/aromatic N) is 5. The summed E-state index contributed by atoms with van der Waals surface area (Å²) in [4.78, 5) is 18.1. The molecule has 140 valence electrons. The Hall–Kier alpha value is -3.39. The van der Waals surface area contributed by atoms with Crippen molar-refractivity contribution in [3.05, 3.63) is 76.7 Å². The van der Waals surface area contributed by atoms with Crippen molar-refractivity contribution in [2.45, 2.75) is 20.4 Å². The number of aryl methyl sites for hydroxylation is 2. The number of hydrogen-bond donors (Lipinski definition) is 1. The number of carbonyl (C=O) groups is 1. The third-order valence-electron chi connectivity index (χ3n) is 4.30. The van der Waals surface area contributed by atoms with Gasteiger partial charge in [0.1, 0.15) is 5.01 Å². The number of aromatic nitrogens is 5. The zero-order chi connectivity index (χ0) is 19.5. The summed E-state index contributed by atoms with van der Waals surface area (Å²) in [6.07, 6.45) is 3.42. The fraction of sp³-hybridized carbons (Fsp3) is 0.150. The Morgan fingerprint density at radius 3 is 2.68 bits per heavy atom. The third-order valence-corrected chi connectivity index (χ3v) is 5.49. The molecule has 0 fully saturated rings. The average Bonchev–Trinajstić information content (AvgIpc) is 3.37. The molecule has 1 amide bonds. The van der Waals surface area contributed by atoms with Crippen molar-refractivity contribution in [1.82, 2.24) is 30.3 Å². The zero-order valence-electron chi connectivity index (χ0n) is 15.5. The highest BCUT2D eigenvalue weighted by molar-refractivity contribution is 7.15. The van der Waals surface area contributed by atoms with E-state index in [0.29, 0.717) is 12.4 Å². The van der Waals surface area contributed by atoms with Crippen LogP contribution in [0.1, 0.15) is 26.6 Å². The standard InChI is InChI=1S/C20H18N6OS/c1-13-6-3-4-7-15(13)20-23-14(2)17(28-20)12-21-19(27)16-8-9-18(25-24-16)26-11-5-10-22-26/h3-11H,12H2,1-2H3,(H,21,27). The lowest BCUT2D eigenvalue weighted by Crippen LogP contribution is -2.24. The summed E-state index contributed by atoms with van der Waals surface area (Å²) in [6.45, 7) is 4.42. The Kier molecular flexibility index (Phi) is 4.94. The lowest BCUT2D eigenvalue weighted by molar-refractivity contribution is 0.0945. The van der Waals surface area contributed by atoms with Gasteiger partial charge in [-0.25, -0.2) is 9.67 Å². The predicted molar refractivity (Wildman–Crippen MR) is 107 cm³/mol. The van der Waals surface area contributed by atoms with Crippen LogP contribution in [0.4, 0.5) is 0 Å². The fourth-order valence-corrected chi connectivity index (χ4v) is 3.84. The minimum Gasteiger partial charge on any atom is -0.346 e. The summed E-state index contributed by atoms with van der Waals surface area (Å²) in [5.74, 6) is 0.285. The maximum atomic E-state index is 12.4. The fourth-order valence-electron chi connectivity index (χ4n) is 2.74. The molecule has 7 nitrogen and oxygen atoms in total. The van der Waals surface area contributed by atoms with Crippen LogP contribution in [0.15, 0.2) is 54.9 Å². The van der Waals surface area contributed by atoms with Crippen molar-refractivity contribution >= 4 is 17.2 Å². The molecule has 0 bridgehead atoms. The van der Waals surface area contributed by atoms with E-state index in [9.17, 15) is 4.79 Å². The molecule has 4 rings (SSSR count). The maximum absolute atomic E-state index is 12.4. The molecule has 0 saturated carbocycles. The highest BCUT2D eigenvalue weighted by Crippen LogP contribution is 2.30. The number of hydrogen-bond acceptors (Lipinski definition) is 6.